The molecule has 0 unspecified atom stereocenters. The van der Waals surface area contributed by atoms with Crippen LogP contribution in [0, 0.1) is 5.82 Å². The van der Waals surface area contributed by atoms with Crippen LogP contribution in [0.25, 0.3) is 0 Å². The molecule has 0 spiro atoms. The van der Waals surface area contributed by atoms with E-state index in [9.17, 15) is 9.18 Å². The zero-order valence-corrected chi connectivity index (χ0v) is 10.9. The van der Waals surface area contributed by atoms with Crippen molar-refractivity contribution >= 4 is 23.1 Å². The van der Waals surface area contributed by atoms with Gasteiger partial charge in [-0.3, -0.25) is 4.79 Å². The number of benzene rings is 2. The number of hydrogen-bond acceptors (Lipinski definition) is 3. The van der Waals surface area contributed by atoms with Gasteiger partial charge in [-0.25, -0.2) is 4.39 Å². The number of carbonyl (C=O) groups excluding carboxylic acids is 1. The number of ketones is 1. The number of ether oxygens (including phenoxy) is 1. The lowest BCUT2D eigenvalue weighted by molar-refractivity contribution is 0.103. The summed E-state index contributed by atoms with van der Waals surface area (Å²) in [5.74, 6) is -0.416. The first-order valence-corrected chi connectivity index (χ1v) is 5.84. The van der Waals surface area contributed by atoms with Crippen molar-refractivity contribution in [3.05, 3.63) is 58.4 Å². The number of rotatable bonds is 3. The topological polar surface area (TPSA) is 52.3 Å². The van der Waals surface area contributed by atoms with Crippen LogP contribution in [0.1, 0.15) is 15.9 Å². The molecule has 0 fully saturated rings. The molecule has 2 aromatic carbocycles. The number of halogens is 2. The van der Waals surface area contributed by atoms with Gasteiger partial charge in [-0.2, -0.15) is 0 Å². The summed E-state index contributed by atoms with van der Waals surface area (Å²) in [5, 5.41) is 0.230. The maximum atomic E-state index is 13.2. The molecule has 0 bridgehead atoms. The van der Waals surface area contributed by atoms with Gasteiger partial charge in [-0.1, -0.05) is 11.6 Å². The van der Waals surface area contributed by atoms with Crippen LogP contribution in [-0.4, -0.2) is 12.9 Å². The molecule has 0 amide bonds. The summed E-state index contributed by atoms with van der Waals surface area (Å²) in [5.41, 5.74) is 6.22. The Morgan fingerprint density at radius 3 is 2.58 bits per heavy atom. The molecule has 0 aromatic heterocycles. The van der Waals surface area contributed by atoms with E-state index < -0.39 is 11.6 Å². The van der Waals surface area contributed by atoms with Crippen molar-refractivity contribution in [2.24, 2.45) is 0 Å². The molecule has 0 aliphatic rings. The van der Waals surface area contributed by atoms with Crippen LogP contribution in [0.3, 0.4) is 0 Å². The van der Waals surface area contributed by atoms with Crippen molar-refractivity contribution in [3.8, 4) is 5.75 Å². The van der Waals surface area contributed by atoms with E-state index in [0.29, 0.717) is 5.75 Å². The zero-order chi connectivity index (χ0) is 14.0. The van der Waals surface area contributed by atoms with Crippen molar-refractivity contribution < 1.29 is 13.9 Å². The summed E-state index contributed by atoms with van der Waals surface area (Å²) in [4.78, 5) is 12.3. The van der Waals surface area contributed by atoms with E-state index in [1.165, 1.54) is 31.4 Å². The van der Waals surface area contributed by atoms with Crippen molar-refractivity contribution in [2.75, 3.05) is 12.8 Å². The quantitative estimate of drug-likeness (QED) is 0.693. The molecule has 0 aliphatic carbocycles. The predicted molar refractivity (Wildman–Crippen MR) is 72.2 cm³/mol. The van der Waals surface area contributed by atoms with E-state index >= 15 is 0 Å². The van der Waals surface area contributed by atoms with Gasteiger partial charge in [0.25, 0.3) is 0 Å². The molecule has 0 atom stereocenters. The minimum absolute atomic E-state index is 0.0899. The Morgan fingerprint density at radius 1 is 1.21 bits per heavy atom. The van der Waals surface area contributed by atoms with Crippen molar-refractivity contribution in [3.63, 3.8) is 0 Å². The maximum absolute atomic E-state index is 13.2. The van der Waals surface area contributed by atoms with Crippen LogP contribution in [0.5, 0.6) is 5.75 Å². The van der Waals surface area contributed by atoms with E-state index in [-0.39, 0.29) is 21.8 Å². The van der Waals surface area contributed by atoms with Gasteiger partial charge in [-0.15, -0.1) is 0 Å². The lowest BCUT2D eigenvalue weighted by atomic mass is 10.0. The Bertz CT molecular complexity index is 643. The standard InChI is InChI=1S/C14H11ClFNO2/c1-19-9-3-4-10(12(15)7-9)14(18)11-6-8(16)2-5-13(11)17/h2-7H,17H2,1H3. The third-order valence-electron chi connectivity index (χ3n) is 2.68. The van der Waals surface area contributed by atoms with Crippen LogP contribution in [-0.2, 0) is 0 Å². The van der Waals surface area contributed by atoms with E-state index in [1.54, 1.807) is 6.07 Å². The average molecular weight is 280 g/mol. The summed E-state index contributed by atoms with van der Waals surface area (Å²) in [6.45, 7) is 0. The van der Waals surface area contributed by atoms with E-state index in [1.807, 2.05) is 0 Å². The lowest BCUT2D eigenvalue weighted by Gasteiger charge is -2.08. The van der Waals surface area contributed by atoms with Gasteiger partial charge in [0.1, 0.15) is 11.6 Å². The number of methoxy groups -OCH3 is 1. The fourth-order valence-corrected chi connectivity index (χ4v) is 1.93. The Morgan fingerprint density at radius 2 is 1.95 bits per heavy atom. The van der Waals surface area contributed by atoms with Gasteiger partial charge >= 0.3 is 0 Å². The SMILES string of the molecule is COc1ccc(C(=O)c2cc(F)ccc2N)c(Cl)c1. The Balaban J connectivity index is 2.47. The van der Waals surface area contributed by atoms with E-state index in [0.717, 1.165) is 6.07 Å². The highest BCUT2D eigenvalue weighted by Crippen LogP contribution is 2.26. The molecule has 5 heteroatoms. The first kappa shape index (κ1) is 13.4. The molecule has 19 heavy (non-hydrogen) atoms. The molecule has 2 N–H and O–H groups in total. The van der Waals surface area contributed by atoms with Crippen molar-refractivity contribution in [1.29, 1.82) is 0 Å². The molecular formula is C14H11ClFNO2. The van der Waals surface area contributed by atoms with Gasteiger partial charge in [0.2, 0.25) is 0 Å². The van der Waals surface area contributed by atoms with Gasteiger partial charge in [-0.05, 0) is 36.4 Å². The smallest absolute Gasteiger partial charge is 0.196 e. The maximum Gasteiger partial charge on any atom is 0.196 e. The monoisotopic (exact) mass is 279 g/mol. The number of hydrogen-bond donors (Lipinski definition) is 1. The second-order valence-corrected chi connectivity index (χ2v) is 4.31. The summed E-state index contributed by atoms with van der Waals surface area (Å²) in [7, 11) is 1.50. The average Bonchev–Trinajstić information content (AvgIpc) is 2.40. The first-order chi connectivity index (χ1) is 9.02. The third kappa shape index (κ3) is 2.69. The minimum Gasteiger partial charge on any atom is -0.497 e. The fraction of sp³-hybridized carbons (Fsp3) is 0.0714. The molecule has 2 aromatic rings. The normalized spacial score (nSPS) is 10.3. The van der Waals surface area contributed by atoms with E-state index in [2.05, 4.69) is 0 Å². The van der Waals surface area contributed by atoms with E-state index in [4.69, 9.17) is 22.1 Å². The van der Waals surface area contributed by atoms with Gasteiger partial charge in [0.05, 0.1) is 12.1 Å². The molecular weight excluding hydrogens is 269 g/mol. The number of carbonyl (C=O) groups is 1. The van der Waals surface area contributed by atoms with Crippen molar-refractivity contribution in [2.45, 2.75) is 0 Å². The second kappa shape index (κ2) is 5.28. The molecule has 2 rings (SSSR count). The molecule has 98 valence electrons. The third-order valence-corrected chi connectivity index (χ3v) is 2.99. The highest BCUT2D eigenvalue weighted by atomic mass is 35.5. The van der Waals surface area contributed by atoms with Crippen LogP contribution in [0.15, 0.2) is 36.4 Å². The number of nitrogens with two attached hydrogens (primary N) is 1. The Labute approximate surface area is 114 Å². The van der Waals surface area contributed by atoms with Crippen LogP contribution in [0.4, 0.5) is 10.1 Å². The number of nitrogen functional groups attached to an aromatic ring is 1. The molecule has 3 nitrogen and oxygen atoms in total. The first-order valence-electron chi connectivity index (χ1n) is 5.46. The summed E-state index contributed by atoms with van der Waals surface area (Å²) < 4.78 is 18.2. The van der Waals surface area contributed by atoms with Gasteiger partial charge in [0, 0.05) is 16.8 Å². The van der Waals surface area contributed by atoms with Gasteiger partial charge in [0.15, 0.2) is 5.78 Å². The molecule has 0 radical (unpaired) electrons. The molecule has 0 aliphatic heterocycles. The largest absolute Gasteiger partial charge is 0.497 e. The predicted octanol–water partition coefficient (Wildman–Crippen LogP) is 3.30. The van der Waals surface area contributed by atoms with Crippen LogP contribution >= 0.6 is 11.6 Å². The summed E-state index contributed by atoms with van der Waals surface area (Å²) >= 11 is 6.01. The summed E-state index contributed by atoms with van der Waals surface area (Å²) in [6, 6.07) is 8.28. The van der Waals surface area contributed by atoms with Crippen molar-refractivity contribution in [1.82, 2.24) is 0 Å². The molecule has 0 heterocycles. The summed E-state index contributed by atoms with van der Waals surface area (Å²) in [6.07, 6.45) is 0. The Hall–Kier alpha value is -2.07. The highest BCUT2D eigenvalue weighted by Gasteiger charge is 2.16. The zero-order valence-electron chi connectivity index (χ0n) is 10.1. The minimum atomic E-state index is -0.526. The fourth-order valence-electron chi connectivity index (χ4n) is 1.68. The Kier molecular flexibility index (Phi) is 3.71. The second-order valence-electron chi connectivity index (χ2n) is 3.91. The molecule has 0 saturated heterocycles. The lowest BCUT2D eigenvalue weighted by Crippen LogP contribution is -2.06. The van der Waals surface area contributed by atoms with Crippen LogP contribution in [0.2, 0.25) is 5.02 Å². The number of anilines is 1. The highest BCUT2D eigenvalue weighted by molar-refractivity contribution is 6.35. The van der Waals surface area contributed by atoms with Crippen LogP contribution < -0.4 is 10.5 Å². The van der Waals surface area contributed by atoms with Gasteiger partial charge < -0.3 is 10.5 Å². The molecule has 0 saturated carbocycles.